The number of halogens is 2. The molecule has 2 rings (SSSR count). The van der Waals surface area contributed by atoms with E-state index >= 15 is 0 Å². The monoisotopic (exact) mass is 322 g/mol. The molecule has 2 aromatic carbocycles. The fraction of sp³-hybridized carbons (Fsp3) is 0.188. The van der Waals surface area contributed by atoms with Gasteiger partial charge in [0.15, 0.2) is 6.73 Å². The van der Waals surface area contributed by atoms with Gasteiger partial charge in [-0.05, 0) is 61.4 Å². The van der Waals surface area contributed by atoms with Crippen molar-refractivity contribution in [3.05, 3.63) is 58.4 Å². The van der Waals surface area contributed by atoms with Gasteiger partial charge in [-0.15, -0.1) is 0 Å². The summed E-state index contributed by atoms with van der Waals surface area (Å²) in [5, 5.41) is 5.82. The Kier molecular flexibility index (Phi) is 5.22. The van der Waals surface area contributed by atoms with Gasteiger partial charge in [0, 0.05) is 10.7 Å². The number of nitrogens with one attached hydrogen (secondary N) is 2. The largest absolute Gasteiger partial charge is 0.473 e. The van der Waals surface area contributed by atoms with Gasteiger partial charge in [0.25, 0.3) is 0 Å². The summed E-state index contributed by atoms with van der Waals surface area (Å²) < 4.78 is 18.2. The summed E-state index contributed by atoms with van der Waals surface area (Å²) in [6.45, 7) is 3.78. The molecule has 2 N–H and O–H groups in total. The summed E-state index contributed by atoms with van der Waals surface area (Å²) >= 11 is 6.07. The van der Waals surface area contributed by atoms with Crippen molar-refractivity contribution in [2.24, 2.45) is 0 Å². The van der Waals surface area contributed by atoms with Crippen molar-refractivity contribution in [2.45, 2.75) is 13.8 Å². The molecule has 0 aliphatic rings. The van der Waals surface area contributed by atoms with E-state index in [1.54, 1.807) is 12.1 Å². The van der Waals surface area contributed by atoms with Gasteiger partial charge < -0.3 is 15.4 Å². The Morgan fingerprint density at radius 1 is 1.18 bits per heavy atom. The molecule has 22 heavy (non-hydrogen) atoms. The van der Waals surface area contributed by atoms with Crippen LogP contribution in [-0.4, -0.2) is 12.8 Å². The molecule has 6 heteroatoms. The van der Waals surface area contributed by atoms with Crippen molar-refractivity contribution in [1.29, 1.82) is 0 Å². The Balaban J connectivity index is 1.83. The van der Waals surface area contributed by atoms with E-state index in [2.05, 4.69) is 10.6 Å². The van der Waals surface area contributed by atoms with E-state index in [-0.39, 0.29) is 12.5 Å². The molecule has 0 radical (unpaired) electrons. The Bertz CT molecular complexity index is 651. The number of hydrogen-bond acceptors (Lipinski definition) is 2. The van der Waals surface area contributed by atoms with Crippen LogP contribution in [0, 0.1) is 19.7 Å². The number of rotatable bonds is 4. The van der Waals surface area contributed by atoms with E-state index in [0.29, 0.717) is 16.5 Å². The van der Waals surface area contributed by atoms with E-state index < -0.39 is 6.03 Å². The summed E-state index contributed by atoms with van der Waals surface area (Å²) in [6.07, 6.45) is 0. The topological polar surface area (TPSA) is 50.4 Å². The van der Waals surface area contributed by atoms with Gasteiger partial charge >= 0.3 is 6.03 Å². The van der Waals surface area contributed by atoms with Gasteiger partial charge in [-0.3, -0.25) is 0 Å². The molecule has 2 amide bonds. The summed E-state index contributed by atoms with van der Waals surface area (Å²) in [7, 11) is 0. The number of benzene rings is 2. The Morgan fingerprint density at radius 3 is 2.36 bits per heavy atom. The quantitative estimate of drug-likeness (QED) is 0.827. The molecule has 4 nitrogen and oxygen atoms in total. The van der Waals surface area contributed by atoms with Gasteiger partial charge in [0.05, 0.1) is 0 Å². The van der Waals surface area contributed by atoms with Crippen molar-refractivity contribution < 1.29 is 13.9 Å². The smallest absolute Gasteiger partial charge is 0.321 e. The van der Waals surface area contributed by atoms with Crippen LogP contribution in [0.5, 0.6) is 5.75 Å². The van der Waals surface area contributed by atoms with Gasteiger partial charge in [-0.1, -0.05) is 11.6 Å². The van der Waals surface area contributed by atoms with Gasteiger partial charge in [-0.2, -0.15) is 0 Å². The van der Waals surface area contributed by atoms with Gasteiger partial charge in [-0.25, -0.2) is 9.18 Å². The predicted molar refractivity (Wildman–Crippen MR) is 85.0 cm³/mol. The minimum atomic E-state index is -0.436. The van der Waals surface area contributed by atoms with Crippen LogP contribution in [0.4, 0.5) is 14.9 Å². The first-order valence-corrected chi connectivity index (χ1v) is 7.03. The van der Waals surface area contributed by atoms with Crippen LogP contribution in [-0.2, 0) is 0 Å². The lowest BCUT2D eigenvalue weighted by Crippen LogP contribution is -2.32. The van der Waals surface area contributed by atoms with Crippen molar-refractivity contribution in [3.63, 3.8) is 0 Å². The van der Waals surface area contributed by atoms with Crippen LogP contribution in [0.3, 0.4) is 0 Å². The Hall–Kier alpha value is -2.27. The zero-order valence-electron chi connectivity index (χ0n) is 12.2. The maximum atomic E-state index is 12.8. The first kappa shape index (κ1) is 16.1. The molecule has 0 unspecified atom stereocenters. The van der Waals surface area contributed by atoms with Crippen LogP contribution >= 0.6 is 11.6 Å². The number of amides is 2. The first-order chi connectivity index (χ1) is 10.5. The third-order valence-corrected chi connectivity index (χ3v) is 3.58. The third kappa shape index (κ3) is 4.36. The van der Waals surface area contributed by atoms with Gasteiger partial charge in [0.1, 0.15) is 11.6 Å². The number of anilines is 1. The lowest BCUT2D eigenvalue weighted by Gasteiger charge is -2.11. The zero-order valence-corrected chi connectivity index (χ0v) is 13.0. The maximum absolute atomic E-state index is 12.8. The van der Waals surface area contributed by atoms with Gasteiger partial charge in [0.2, 0.25) is 0 Å². The maximum Gasteiger partial charge on any atom is 0.321 e. The van der Waals surface area contributed by atoms with Crippen LogP contribution in [0.15, 0.2) is 36.4 Å². The molecule has 0 aliphatic heterocycles. The molecular weight excluding hydrogens is 307 g/mol. The molecule has 0 spiro atoms. The average molecular weight is 323 g/mol. The molecular formula is C16H16ClFN2O2. The van der Waals surface area contributed by atoms with Crippen molar-refractivity contribution in [1.82, 2.24) is 5.32 Å². The van der Waals surface area contributed by atoms with E-state index in [0.717, 1.165) is 11.1 Å². The van der Waals surface area contributed by atoms with Crippen LogP contribution in [0.25, 0.3) is 0 Å². The molecule has 0 heterocycles. The second-order valence-electron chi connectivity index (χ2n) is 4.80. The Labute approximate surface area is 133 Å². The molecule has 0 fully saturated rings. The SMILES string of the molecule is Cc1cc(OCNC(=O)Nc2ccc(F)cc2)cc(C)c1Cl. The molecule has 0 bridgehead atoms. The zero-order chi connectivity index (χ0) is 16.1. The summed E-state index contributed by atoms with van der Waals surface area (Å²) in [4.78, 5) is 11.7. The number of carbonyl (C=O) groups is 1. The lowest BCUT2D eigenvalue weighted by atomic mass is 10.1. The Morgan fingerprint density at radius 2 is 1.77 bits per heavy atom. The van der Waals surface area contributed by atoms with Crippen molar-refractivity contribution in [2.75, 3.05) is 12.0 Å². The number of aryl methyl sites for hydroxylation is 2. The fourth-order valence-electron chi connectivity index (χ4n) is 1.88. The second kappa shape index (κ2) is 7.13. The molecule has 0 saturated heterocycles. The highest BCUT2D eigenvalue weighted by Crippen LogP contribution is 2.25. The predicted octanol–water partition coefficient (Wildman–Crippen LogP) is 4.25. The van der Waals surface area contributed by atoms with Crippen LogP contribution in [0.2, 0.25) is 5.02 Å². The molecule has 0 aliphatic carbocycles. The molecule has 0 aromatic heterocycles. The molecule has 2 aromatic rings. The van der Waals surface area contributed by atoms with Crippen LogP contribution < -0.4 is 15.4 Å². The molecule has 116 valence electrons. The first-order valence-electron chi connectivity index (χ1n) is 6.65. The summed E-state index contributed by atoms with van der Waals surface area (Å²) in [5.41, 5.74) is 2.32. The highest BCUT2D eigenvalue weighted by molar-refractivity contribution is 6.32. The van der Waals surface area contributed by atoms with E-state index in [4.69, 9.17) is 16.3 Å². The van der Waals surface area contributed by atoms with E-state index in [1.165, 1.54) is 24.3 Å². The average Bonchev–Trinajstić information content (AvgIpc) is 2.47. The molecule has 0 saturated carbocycles. The highest BCUT2D eigenvalue weighted by Gasteiger charge is 2.05. The number of urea groups is 1. The minimum Gasteiger partial charge on any atom is -0.473 e. The second-order valence-corrected chi connectivity index (χ2v) is 5.18. The van der Waals surface area contributed by atoms with E-state index in [9.17, 15) is 9.18 Å². The summed E-state index contributed by atoms with van der Waals surface area (Å²) in [5.74, 6) is 0.268. The van der Waals surface area contributed by atoms with E-state index in [1.807, 2.05) is 13.8 Å². The fourth-order valence-corrected chi connectivity index (χ4v) is 1.99. The summed E-state index contributed by atoms with van der Waals surface area (Å²) in [6, 6.07) is 8.65. The molecule has 0 atom stereocenters. The minimum absolute atomic E-state index is 0.00748. The number of carbonyl (C=O) groups excluding carboxylic acids is 1. The number of hydrogen-bond donors (Lipinski definition) is 2. The highest BCUT2D eigenvalue weighted by atomic mass is 35.5. The van der Waals surface area contributed by atoms with Crippen molar-refractivity contribution in [3.8, 4) is 5.75 Å². The normalized spacial score (nSPS) is 10.2. The third-order valence-electron chi connectivity index (χ3n) is 2.98. The van der Waals surface area contributed by atoms with Crippen molar-refractivity contribution >= 4 is 23.3 Å². The lowest BCUT2D eigenvalue weighted by molar-refractivity contribution is 0.234. The number of ether oxygens (including phenoxy) is 1. The van der Waals surface area contributed by atoms with Crippen LogP contribution in [0.1, 0.15) is 11.1 Å². The standard InChI is InChI=1S/C16H16ClFN2O2/c1-10-7-14(8-11(2)15(10)17)22-9-19-16(21)20-13-5-3-12(18)4-6-13/h3-8H,9H2,1-2H3,(H2,19,20,21).